The second kappa shape index (κ2) is 3.41. The summed E-state index contributed by atoms with van der Waals surface area (Å²) in [5, 5.41) is 9.31. The molecular formula is C10H10N2O2. The van der Waals surface area contributed by atoms with Gasteiger partial charge in [-0.2, -0.15) is 0 Å². The number of H-pyrrole nitrogens is 2. The van der Waals surface area contributed by atoms with Gasteiger partial charge < -0.3 is 10.1 Å². The molecular weight excluding hydrogens is 180 g/mol. The van der Waals surface area contributed by atoms with Crippen molar-refractivity contribution in [3.63, 3.8) is 0 Å². The van der Waals surface area contributed by atoms with Crippen molar-refractivity contribution in [3.8, 4) is 5.88 Å². The molecule has 72 valence electrons. The van der Waals surface area contributed by atoms with Crippen molar-refractivity contribution in [1.29, 1.82) is 0 Å². The van der Waals surface area contributed by atoms with Gasteiger partial charge in [-0.25, -0.2) is 4.79 Å². The normalized spacial score (nSPS) is 10.3. The van der Waals surface area contributed by atoms with Crippen LogP contribution in [0, 0.1) is 0 Å². The minimum atomic E-state index is -0.381. The van der Waals surface area contributed by atoms with Crippen LogP contribution in [0.4, 0.5) is 0 Å². The van der Waals surface area contributed by atoms with E-state index in [-0.39, 0.29) is 11.6 Å². The fraction of sp³-hybridized carbons (Fsp3) is 0.100. The van der Waals surface area contributed by atoms with Crippen molar-refractivity contribution in [2.75, 3.05) is 0 Å². The van der Waals surface area contributed by atoms with Crippen LogP contribution in [0.25, 0.3) is 0 Å². The number of hydrogen-bond donors (Lipinski definition) is 3. The number of rotatable bonds is 2. The lowest BCUT2D eigenvalue weighted by molar-refractivity contribution is 0.450. The maximum atomic E-state index is 10.8. The Kier molecular flexibility index (Phi) is 2.10. The Morgan fingerprint density at radius 1 is 1.14 bits per heavy atom. The lowest BCUT2D eigenvalue weighted by Crippen LogP contribution is -2.01. The Hall–Kier alpha value is -1.97. The largest absolute Gasteiger partial charge is 0.493 e. The van der Waals surface area contributed by atoms with E-state index < -0.39 is 0 Å². The van der Waals surface area contributed by atoms with E-state index in [2.05, 4.69) is 9.97 Å². The summed E-state index contributed by atoms with van der Waals surface area (Å²) in [6.07, 6.45) is 0.519. The summed E-state index contributed by atoms with van der Waals surface area (Å²) in [4.78, 5) is 15.6. The Bertz CT molecular complexity index is 470. The first-order chi connectivity index (χ1) is 6.75. The fourth-order valence-corrected chi connectivity index (χ4v) is 1.34. The zero-order valence-corrected chi connectivity index (χ0v) is 7.45. The Morgan fingerprint density at radius 3 is 2.43 bits per heavy atom. The Morgan fingerprint density at radius 2 is 1.86 bits per heavy atom. The summed E-state index contributed by atoms with van der Waals surface area (Å²) in [6.45, 7) is 0. The topological polar surface area (TPSA) is 68.9 Å². The zero-order chi connectivity index (χ0) is 9.97. The van der Waals surface area contributed by atoms with Gasteiger partial charge in [0.2, 0.25) is 5.88 Å². The minimum absolute atomic E-state index is 0.0844. The summed E-state index contributed by atoms with van der Waals surface area (Å²) >= 11 is 0. The lowest BCUT2D eigenvalue weighted by Gasteiger charge is -1.97. The number of aromatic amines is 2. The molecule has 4 heteroatoms. The molecule has 1 aromatic carbocycles. The highest BCUT2D eigenvalue weighted by Gasteiger charge is 2.05. The van der Waals surface area contributed by atoms with Gasteiger partial charge in [0.1, 0.15) is 0 Å². The van der Waals surface area contributed by atoms with Crippen molar-refractivity contribution in [2.45, 2.75) is 6.42 Å². The summed E-state index contributed by atoms with van der Waals surface area (Å²) in [6, 6.07) is 9.62. The summed E-state index contributed by atoms with van der Waals surface area (Å²) in [5.74, 6) is -0.0844. The molecule has 4 nitrogen and oxygen atoms in total. The summed E-state index contributed by atoms with van der Waals surface area (Å²) < 4.78 is 0. The molecule has 0 amide bonds. The third kappa shape index (κ3) is 1.69. The molecule has 0 atom stereocenters. The van der Waals surface area contributed by atoms with Gasteiger partial charge in [0.15, 0.2) is 0 Å². The smallest absolute Gasteiger partial charge is 0.325 e. The van der Waals surface area contributed by atoms with E-state index >= 15 is 0 Å². The molecule has 1 aromatic heterocycles. The first kappa shape index (κ1) is 8.62. The molecule has 0 aliphatic carbocycles. The molecule has 0 aliphatic rings. The number of nitrogens with one attached hydrogen (secondary N) is 2. The Labute approximate surface area is 80.2 Å². The van der Waals surface area contributed by atoms with Crippen LogP contribution in [0.15, 0.2) is 35.1 Å². The average Bonchev–Trinajstić information content (AvgIpc) is 2.47. The van der Waals surface area contributed by atoms with Crippen LogP contribution >= 0.6 is 0 Å². The molecule has 14 heavy (non-hydrogen) atoms. The van der Waals surface area contributed by atoms with Crippen LogP contribution in [0.3, 0.4) is 0 Å². The van der Waals surface area contributed by atoms with Gasteiger partial charge in [0, 0.05) is 6.42 Å². The van der Waals surface area contributed by atoms with Crippen molar-refractivity contribution in [2.24, 2.45) is 0 Å². The molecule has 2 aromatic rings. The van der Waals surface area contributed by atoms with Crippen LogP contribution < -0.4 is 5.69 Å². The van der Waals surface area contributed by atoms with Gasteiger partial charge >= 0.3 is 5.69 Å². The second-order valence-corrected chi connectivity index (χ2v) is 3.07. The number of aromatic nitrogens is 2. The quantitative estimate of drug-likeness (QED) is 0.661. The molecule has 0 bridgehead atoms. The van der Waals surface area contributed by atoms with Crippen LogP contribution in [-0.4, -0.2) is 15.1 Å². The van der Waals surface area contributed by atoms with Gasteiger partial charge in [0.05, 0.1) is 5.69 Å². The maximum Gasteiger partial charge on any atom is 0.325 e. The highest BCUT2D eigenvalue weighted by atomic mass is 16.3. The maximum absolute atomic E-state index is 10.8. The van der Waals surface area contributed by atoms with Gasteiger partial charge in [-0.3, -0.25) is 4.98 Å². The van der Waals surface area contributed by atoms with Crippen LogP contribution in [0.1, 0.15) is 11.3 Å². The van der Waals surface area contributed by atoms with Gasteiger partial charge in [-0.15, -0.1) is 0 Å². The highest BCUT2D eigenvalue weighted by Crippen LogP contribution is 2.12. The van der Waals surface area contributed by atoms with E-state index in [1.807, 2.05) is 30.3 Å². The number of imidazole rings is 1. The van der Waals surface area contributed by atoms with Crippen LogP contribution in [0.5, 0.6) is 5.88 Å². The SMILES string of the molecule is O=c1[nH]c(O)c(Cc2ccccc2)[nH]1. The Balaban J connectivity index is 2.27. The summed E-state index contributed by atoms with van der Waals surface area (Å²) in [7, 11) is 0. The lowest BCUT2D eigenvalue weighted by atomic mass is 10.1. The van der Waals surface area contributed by atoms with Crippen molar-refractivity contribution >= 4 is 0 Å². The van der Waals surface area contributed by atoms with E-state index in [0.717, 1.165) is 5.56 Å². The molecule has 0 radical (unpaired) electrons. The minimum Gasteiger partial charge on any atom is -0.493 e. The molecule has 0 saturated carbocycles. The molecule has 0 unspecified atom stereocenters. The monoisotopic (exact) mass is 190 g/mol. The van der Waals surface area contributed by atoms with Gasteiger partial charge in [0.25, 0.3) is 0 Å². The first-order valence-electron chi connectivity index (χ1n) is 4.30. The van der Waals surface area contributed by atoms with E-state index in [0.29, 0.717) is 12.1 Å². The molecule has 0 fully saturated rings. The van der Waals surface area contributed by atoms with Crippen molar-refractivity contribution < 1.29 is 5.11 Å². The molecule has 3 N–H and O–H groups in total. The number of aromatic hydroxyl groups is 1. The van der Waals surface area contributed by atoms with E-state index in [1.54, 1.807) is 0 Å². The second-order valence-electron chi connectivity index (χ2n) is 3.07. The summed E-state index contributed by atoms with van der Waals surface area (Å²) in [5.41, 5.74) is 1.17. The molecule has 0 spiro atoms. The highest BCUT2D eigenvalue weighted by molar-refractivity contribution is 5.26. The number of hydrogen-bond acceptors (Lipinski definition) is 2. The van der Waals surface area contributed by atoms with Gasteiger partial charge in [-0.05, 0) is 5.56 Å². The number of benzene rings is 1. The zero-order valence-electron chi connectivity index (χ0n) is 7.45. The van der Waals surface area contributed by atoms with E-state index in [4.69, 9.17) is 0 Å². The fourth-order valence-electron chi connectivity index (χ4n) is 1.34. The van der Waals surface area contributed by atoms with Gasteiger partial charge in [-0.1, -0.05) is 30.3 Å². The van der Waals surface area contributed by atoms with Crippen LogP contribution in [0.2, 0.25) is 0 Å². The first-order valence-corrected chi connectivity index (χ1v) is 4.30. The average molecular weight is 190 g/mol. The molecule has 0 aliphatic heterocycles. The van der Waals surface area contributed by atoms with Crippen molar-refractivity contribution in [3.05, 3.63) is 52.1 Å². The predicted molar refractivity (Wildman–Crippen MR) is 52.3 cm³/mol. The molecule has 1 heterocycles. The third-order valence-electron chi connectivity index (χ3n) is 2.01. The predicted octanol–water partition coefficient (Wildman–Crippen LogP) is 0.999. The van der Waals surface area contributed by atoms with E-state index in [9.17, 15) is 9.90 Å². The van der Waals surface area contributed by atoms with Crippen molar-refractivity contribution in [1.82, 2.24) is 9.97 Å². The third-order valence-corrected chi connectivity index (χ3v) is 2.01. The molecule has 2 rings (SSSR count). The molecule has 0 saturated heterocycles. The van der Waals surface area contributed by atoms with Crippen LogP contribution in [-0.2, 0) is 6.42 Å². The standard InChI is InChI=1S/C10H10N2O2/c13-9-8(11-10(14)12-9)6-7-4-2-1-3-5-7/h1-5,13H,6H2,(H2,11,12,14). The van der Waals surface area contributed by atoms with E-state index in [1.165, 1.54) is 0 Å².